The first kappa shape index (κ1) is 21.2. The zero-order valence-electron chi connectivity index (χ0n) is 16.6. The molecule has 1 aliphatic carbocycles. The van der Waals surface area contributed by atoms with Crippen LogP contribution >= 0.6 is 0 Å². The molecule has 9 heteroatoms. The van der Waals surface area contributed by atoms with Crippen molar-refractivity contribution in [3.63, 3.8) is 0 Å². The van der Waals surface area contributed by atoms with Crippen LogP contribution in [0.1, 0.15) is 40.0 Å². The fourth-order valence-corrected chi connectivity index (χ4v) is 4.20. The number of hydrogen-bond acceptors (Lipinski definition) is 4. The topological polar surface area (TPSA) is 88.3 Å². The third-order valence-corrected chi connectivity index (χ3v) is 5.66. The molecule has 1 aromatic heterocycles. The summed E-state index contributed by atoms with van der Waals surface area (Å²) in [5, 5.41) is 0. The molecular weight excluding hydrogens is 426 g/mol. The van der Waals surface area contributed by atoms with Crippen LogP contribution < -0.4 is 9.46 Å². The van der Waals surface area contributed by atoms with E-state index in [4.69, 9.17) is 4.74 Å². The summed E-state index contributed by atoms with van der Waals surface area (Å²) < 4.78 is 57.4. The van der Waals surface area contributed by atoms with E-state index in [1.807, 2.05) is 6.92 Å². The van der Waals surface area contributed by atoms with Gasteiger partial charge in [-0.1, -0.05) is 6.07 Å². The number of carbonyl (C=O) groups excluding carboxylic acids is 1. The van der Waals surface area contributed by atoms with Gasteiger partial charge in [0.2, 0.25) is 10.9 Å². The van der Waals surface area contributed by atoms with E-state index in [0.29, 0.717) is 41.0 Å². The second-order valence-corrected chi connectivity index (χ2v) is 8.19. The number of Topliss-reactive ketones (excluding diaryl/α,β-unsaturated/α-hetero) is 1. The van der Waals surface area contributed by atoms with Crippen LogP contribution in [0.4, 0.5) is 8.78 Å². The van der Waals surface area contributed by atoms with Gasteiger partial charge in [-0.2, -0.15) is 0 Å². The van der Waals surface area contributed by atoms with E-state index in [2.05, 4.69) is 9.71 Å². The average Bonchev–Trinajstić information content (AvgIpc) is 3.07. The molecular formula is C22H20F2N2O4S. The zero-order valence-corrected chi connectivity index (χ0v) is 17.5. The number of carbonyl (C=O) groups is 1. The lowest BCUT2D eigenvalue weighted by Crippen LogP contribution is -2.11. The van der Waals surface area contributed by atoms with Crippen molar-refractivity contribution in [1.82, 2.24) is 9.71 Å². The highest BCUT2D eigenvalue weighted by Gasteiger charge is 2.27. The number of aryl methyl sites for hydroxylation is 1. The standard InChI is InChI=1S/C22H20F2N2O4S/c1-12-21-15(3-2-4-18(21)27)22(26-12)16-9-13(11-25-31(28)29)5-7-19(16)30-20-8-6-14(23)10-17(20)24/h5-10,26,31H,2-4,11H2,1H3,(H,25,28,29). The maximum atomic E-state index is 14.2. The molecule has 0 fully saturated rings. The molecule has 6 nitrogen and oxygen atoms in total. The molecule has 0 saturated carbocycles. The van der Waals surface area contributed by atoms with E-state index < -0.39 is 22.5 Å². The first-order valence-corrected chi connectivity index (χ1v) is 10.9. The van der Waals surface area contributed by atoms with Crippen molar-refractivity contribution < 1.29 is 26.7 Å². The predicted octanol–water partition coefficient (Wildman–Crippen LogP) is 4.20. The molecule has 0 aliphatic heterocycles. The van der Waals surface area contributed by atoms with Crippen LogP contribution in [0.15, 0.2) is 36.4 Å². The van der Waals surface area contributed by atoms with Crippen molar-refractivity contribution in [3.05, 3.63) is 70.4 Å². The Balaban J connectivity index is 1.83. The molecule has 1 heterocycles. The summed E-state index contributed by atoms with van der Waals surface area (Å²) in [6.07, 6.45) is 1.90. The summed E-state index contributed by atoms with van der Waals surface area (Å²) in [7, 11) is -2.77. The molecule has 0 radical (unpaired) electrons. The van der Waals surface area contributed by atoms with Crippen LogP contribution in [-0.2, 0) is 23.9 Å². The maximum Gasteiger partial charge on any atom is 0.201 e. The van der Waals surface area contributed by atoms with Gasteiger partial charge in [-0.05, 0) is 55.2 Å². The normalized spacial score (nSPS) is 13.5. The molecule has 0 saturated heterocycles. The largest absolute Gasteiger partial charge is 0.454 e. The number of ketones is 1. The molecule has 2 N–H and O–H groups in total. The van der Waals surface area contributed by atoms with Gasteiger partial charge in [0.05, 0.1) is 5.69 Å². The fraction of sp³-hybridized carbons (Fsp3) is 0.227. The minimum absolute atomic E-state index is 0.0643. The van der Waals surface area contributed by atoms with E-state index in [1.165, 1.54) is 6.07 Å². The molecule has 3 aromatic rings. The van der Waals surface area contributed by atoms with Gasteiger partial charge < -0.3 is 9.72 Å². The van der Waals surface area contributed by atoms with Crippen LogP contribution in [0, 0.1) is 18.6 Å². The maximum absolute atomic E-state index is 14.2. The number of halogens is 2. The first-order chi connectivity index (χ1) is 14.8. The number of ether oxygens (including phenoxy) is 1. The number of rotatable bonds is 6. The number of hydrogen-bond donors (Lipinski definition) is 3. The van der Waals surface area contributed by atoms with Gasteiger partial charge >= 0.3 is 0 Å². The third-order valence-electron chi connectivity index (χ3n) is 5.24. The Morgan fingerprint density at radius 3 is 2.61 bits per heavy atom. The minimum Gasteiger partial charge on any atom is -0.454 e. The minimum atomic E-state index is -2.77. The van der Waals surface area contributed by atoms with Crippen LogP contribution in [0.25, 0.3) is 11.3 Å². The predicted molar refractivity (Wildman–Crippen MR) is 112 cm³/mol. The number of aromatic nitrogens is 1. The molecule has 0 amide bonds. The summed E-state index contributed by atoms with van der Waals surface area (Å²) >= 11 is 0. The number of nitrogens with one attached hydrogen (secondary N) is 2. The molecule has 2 aromatic carbocycles. The first-order valence-electron chi connectivity index (χ1n) is 9.72. The number of aromatic amines is 1. The number of benzene rings is 2. The van der Waals surface area contributed by atoms with Crippen molar-refractivity contribution >= 4 is 16.7 Å². The zero-order chi connectivity index (χ0) is 22.1. The van der Waals surface area contributed by atoms with E-state index in [9.17, 15) is 22.0 Å². The number of H-pyrrole nitrogens is 1. The van der Waals surface area contributed by atoms with Gasteiger partial charge in [0, 0.05) is 35.9 Å². The van der Waals surface area contributed by atoms with Crippen molar-refractivity contribution in [3.8, 4) is 22.8 Å². The lowest BCUT2D eigenvalue weighted by Gasteiger charge is -2.16. The summed E-state index contributed by atoms with van der Waals surface area (Å²) in [6, 6.07) is 8.01. The second-order valence-electron chi connectivity index (χ2n) is 7.35. The van der Waals surface area contributed by atoms with Gasteiger partial charge in [0.25, 0.3) is 0 Å². The fourth-order valence-electron chi connectivity index (χ4n) is 3.89. The van der Waals surface area contributed by atoms with Crippen molar-refractivity contribution in [1.29, 1.82) is 0 Å². The Morgan fingerprint density at radius 1 is 1.10 bits per heavy atom. The molecule has 31 heavy (non-hydrogen) atoms. The van der Waals surface area contributed by atoms with E-state index >= 15 is 0 Å². The highest BCUT2D eigenvalue weighted by Crippen LogP contribution is 2.40. The molecule has 0 bridgehead atoms. The third kappa shape index (κ3) is 4.38. The quantitative estimate of drug-likeness (QED) is 0.496. The summed E-state index contributed by atoms with van der Waals surface area (Å²) in [6.45, 7) is 1.89. The summed E-state index contributed by atoms with van der Waals surface area (Å²) in [5.41, 5.74) is 4.14. The number of thiol groups is 1. The molecule has 0 atom stereocenters. The van der Waals surface area contributed by atoms with Crippen LogP contribution in [0.3, 0.4) is 0 Å². The van der Waals surface area contributed by atoms with Crippen molar-refractivity contribution in [2.75, 3.05) is 0 Å². The molecule has 1 aliphatic rings. The van der Waals surface area contributed by atoms with E-state index in [-0.39, 0.29) is 18.1 Å². The molecule has 162 valence electrons. The Kier molecular flexibility index (Phi) is 5.88. The Labute approximate surface area is 179 Å². The van der Waals surface area contributed by atoms with Gasteiger partial charge in [-0.3, -0.25) is 4.79 Å². The Morgan fingerprint density at radius 2 is 1.87 bits per heavy atom. The monoisotopic (exact) mass is 446 g/mol. The lowest BCUT2D eigenvalue weighted by molar-refractivity contribution is 0.0972. The summed E-state index contributed by atoms with van der Waals surface area (Å²) in [5.74, 6) is -1.35. The number of fused-ring (bicyclic) bond motifs is 1. The average molecular weight is 446 g/mol. The van der Waals surface area contributed by atoms with Crippen LogP contribution in [0.5, 0.6) is 11.5 Å². The Hall–Kier alpha value is -3.04. The van der Waals surface area contributed by atoms with Gasteiger partial charge in [0.1, 0.15) is 11.6 Å². The Bertz CT molecular complexity index is 1240. The highest BCUT2D eigenvalue weighted by atomic mass is 32.2. The summed E-state index contributed by atoms with van der Waals surface area (Å²) in [4.78, 5) is 15.7. The van der Waals surface area contributed by atoms with Crippen LogP contribution in [0.2, 0.25) is 0 Å². The van der Waals surface area contributed by atoms with E-state index in [0.717, 1.165) is 29.8 Å². The second kappa shape index (κ2) is 8.60. The van der Waals surface area contributed by atoms with Crippen LogP contribution in [-0.4, -0.2) is 19.2 Å². The smallest absolute Gasteiger partial charge is 0.201 e. The lowest BCUT2D eigenvalue weighted by atomic mass is 9.89. The SMILES string of the molecule is Cc1[nH]c(-c2cc(CN[SH](=O)=O)ccc2Oc2ccc(F)cc2F)c2c1C(=O)CCC2. The molecule has 4 rings (SSSR count). The van der Waals surface area contributed by atoms with Gasteiger partial charge in [-0.15, -0.1) is 0 Å². The van der Waals surface area contributed by atoms with Crippen molar-refractivity contribution in [2.24, 2.45) is 0 Å². The van der Waals surface area contributed by atoms with Gasteiger partial charge in [-0.25, -0.2) is 21.9 Å². The highest BCUT2D eigenvalue weighted by molar-refractivity contribution is 7.70. The molecule has 0 unspecified atom stereocenters. The van der Waals surface area contributed by atoms with Crippen molar-refractivity contribution in [2.45, 2.75) is 32.7 Å². The van der Waals surface area contributed by atoms with E-state index in [1.54, 1.807) is 18.2 Å². The molecule has 0 spiro atoms. The van der Waals surface area contributed by atoms with Gasteiger partial charge in [0.15, 0.2) is 17.3 Å².